The maximum Gasteiger partial charge on any atom is 0.261 e. The molecule has 0 aliphatic rings. The van der Waals surface area contributed by atoms with Crippen molar-refractivity contribution in [2.45, 2.75) is 20.8 Å². The van der Waals surface area contributed by atoms with Crippen molar-refractivity contribution in [3.8, 4) is 0 Å². The van der Waals surface area contributed by atoms with Crippen LogP contribution in [0.3, 0.4) is 0 Å². The van der Waals surface area contributed by atoms with Crippen LogP contribution in [0.5, 0.6) is 0 Å². The second-order valence-electron chi connectivity index (χ2n) is 5.22. The number of pyridine rings is 2. The van der Waals surface area contributed by atoms with Crippen LogP contribution in [0.15, 0.2) is 29.2 Å². The summed E-state index contributed by atoms with van der Waals surface area (Å²) in [5, 5.41) is 5.84. The van der Waals surface area contributed by atoms with Gasteiger partial charge in [-0.2, -0.15) is 0 Å². The van der Waals surface area contributed by atoms with Gasteiger partial charge in [0.15, 0.2) is 0 Å². The maximum absolute atomic E-state index is 12.0. The molecule has 116 valence electrons. The number of nitrogens with one attached hydrogen (secondary N) is 3. The summed E-state index contributed by atoms with van der Waals surface area (Å²) in [5.74, 6) is 0.390. The molecule has 0 aliphatic heterocycles. The number of carbonyl (C=O) groups excluding carboxylic acids is 1. The zero-order chi connectivity index (χ0) is 16.1. The van der Waals surface area contributed by atoms with E-state index in [1.165, 1.54) is 0 Å². The average Bonchev–Trinajstić information content (AvgIpc) is 2.47. The summed E-state index contributed by atoms with van der Waals surface area (Å²) in [7, 11) is 0. The molecule has 6 nitrogen and oxygen atoms in total. The number of aromatic nitrogens is 2. The first-order chi connectivity index (χ1) is 10.5. The first kappa shape index (κ1) is 15.8. The molecule has 0 atom stereocenters. The summed E-state index contributed by atoms with van der Waals surface area (Å²) in [6.45, 7) is 6.58. The highest BCUT2D eigenvalue weighted by molar-refractivity contribution is 5.94. The Balaban J connectivity index is 1.88. The highest BCUT2D eigenvalue weighted by atomic mass is 16.2. The number of aryl methyl sites for hydroxylation is 3. The summed E-state index contributed by atoms with van der Waals surface area (Å²) in [4.78, 5) is 30.6. The molecule has 22 heavy (non-hydrogen) atoms. The lowest BCUT2D eigenvalue weighted by Gasteiger charge is -2.08. The Morgan fingerprint density at radius 3 is 2.73 bits per heavy atom. The Morgan fingerprint density at radius 2 is 2.00 bits per heavy atom. The van der Waals surface area contributed by atoms with Crippen molar-refractivity contribution in [2.24, 2.45) is 0 Å². The van der Waals surface area contributed by atoms with Gasteiger partial charge >= 0.3 is 0 Å². The topological polar surface area (TPSA) is 86.9 Å². The summed E-state index contributed by atoms with van der Waals surface area (Å²) >= 11 is 0. The van der Waals surface area contributed by atoms with E-state index in [2.05, 4.69) is 20.6 Å². The van der Waals surface area contributed by atoms with Gasteiger partial charge in [-0.3, -0.25) is 9.59 Å². The zero-order valence-corrected chi connectivity index (χ0v) is 13.0. The summed E-state index contributed by atoms with van der Waals surface area (Å²) in [6, 6.07) is 5.45. The molecule has 2 aromatic rings. The van der Waals surface area contributed by atoms with Gasteiger partial charge in [-0.1, -0.05) is 0 Å². The first-order valence-corrected chi connectivity index (χ1v) is 7.12. The van der Waals surface area contributed by atoms with Crippen molar-refractivity contribution in [2.75, 3.05) is 18.4 Å². The van der Waals surface area contributed by atoms with Crippen LogP contribution in [-0.4, -0.2) is 29.0 Å². The Hall–Kier alpha value is -2.63. The summed E-state index contributed by atoms with van der Waals surface area (Å²) in [5.41, 5.74) is 2.54. The molecule has 0 unspecified atom stereocenters. The van der Waals surface area contributed by atoms with Gasteiger partial charge in [0.2, 0.25) is 0 Å². The molecule has 2 aromatic heterocycles. The molecular formula is C16H20N4O2. The van der Waals surface area contributed by atoms with E-state index in [0.717, 1.165) is 22.6 Å². The molecular weight excluding hydrogens is 280 g/mol. The Bertz CT molecular complexity index is 737. The van der Waals surface area contributed by atoms with Gasteiger partial charge in [0, 0.05) is 25.0 Å². The van der Waals surface area contributed by atoms with Crippen molar-refractivity contribution in [3.63, 3.8) is 0 Å². The van der Waals surface area contributed by atoms with Crippen LogP contribution in [0.1, 0.15) is 27.2 Å². The number of amides is 1. The minimum atomic E-state index is -0.372. The molecule has 0 bridgehead atoms. The monoisotopic (exact) mass is 300 g/mol. The first-order valence-electron chi connectivity index (χ1n) is 7.12. The smallest absolute Gasteiger partial charge is 0.261 e. The van der Waals surface area contributed by atoms with E-state index >= 15 is 0 Å². The van der Waals surface area contributed by atoms with Gasteiger partial charge in [-0.15, -0.1) is 0 Å². The second kappa shape index (κ2) is 6.89. The van der Waals surface area contributed by atoms with Crippen LogP contribution in [0.4, 0.5) is 5.82 Å². The maximum atomic E-state index is 12.0. The third kappa shape index (κ3) is 3.94. The fourth-order valence-electron chi connectivity index (χ4n) is 1.99. The van der Waals surface area contributed by atoms with Gasteiger partial charge in [-0.25, -0.2) is 4.98 Å². The van der Waals surface area contributed by atoms with E-state index in [-0.39, 0.29) is 17.0 Å². The number of hydrogen-bond acceptors (Lipinski definition) is 4. The number of hydrogen-bond donors (Lipinski definition) is 3. The number of carbonyl (C=O) groups is 1. The van der Waals surface area contributed by atoms with Crippen molar-refractivity contribution >= 4 is 11.7 Å². The average molecular weight is 300 g/mol. The fourth-order valence-corrected chi connectivity index (χ4v) is 1.99. The lowest BCUT2D eigenvalue weighted by Crippen LogP contribution is -2.33. The van der Waals surface area contributed by atoms with E-state index in [1.54, 1.807) is 19.2 Å². The molecule has 0 fully saturated rings. The lowest BCUT2D eigenvalue weighted by molar-refractivity contribution is 0.0953. The Morgan fingerprint density at radius 1 is 1.23 bits per heavy atom. The second-order valence-corrected chi connectivity index (χ2v) is 5.22. The Labute approximate surface area is 129 Å². The number of rotatable bonds is 5. The third-order valence-electron chi connectivity index (χ3n) is 3.37. The molecule has 6 heteroatoms. The number of nitrogens with zero attached hydrogens (tertiary/aromatic N) is 1. The standard InChI is InChI=1S/C16H20N4O2/c1-10-4-5-17-14(8-10)18-6-7-19-15(21)13-9-11(2)12(3)20-16(13)22/h4-5,8-9H,6-7H2,1-3H3,(H,17,18)(H,19,21)(H,20,22). The zero-order valence-electron chi connectivity index (χ0n) is 13.0. The van der Waals surface area contributed by atoms with Gasteiger partial charge in [0.1, 0.15) is 11.4 Å². The molecule has 3 N–H and O–H groups in total. The molecule has 2 rings (SSSR count). The van der Waals surface area contributed by atoms with Gasteiger partial charge in [0.05, 0.1) is 0 Å². The molecule has 2 heterocycles. The lowest BCUT2D eigenvalue weighted by atomic mass is 10.1. The predicted molar refractivity (Wildman–Crippen MR) is 86.3 cm³/mol. The van der Waals surface area contributed by atoms with Crippen LogP contribution in [0.2, 0.25) is 0 Å². The third-order valence-corrected chi connectivity index (χ3v) is 3.37. The summed E-state index contributed by atoms with van der Waals surface area (Å²) in [6.07, 6.45) is 1.73. The SMILES string of the molecule is Cc1ccnc(NCCNC(=O)c2cc(C)c(C)[nH]c2=O)c1. The van der Waals surface area contributed by atoms with Crippen LogP contribution in [-0.2, 0) is 0 Å². The van der Waals surface area contributed by atoms with Crippen LogP contribution in [0, 0.1) is 20.8 Å². The molecule has 0 spiro atoms. The van der Waals surface area contributed by atoms with E-state index < -0.39 is 0 Å². The van der Waals surface area contributed by atoms with Crippen molar-refractivity contribution < 1.29 is 4.79 Å². The molecule has 0 saturated carbocycles. The van der Waals surface area contributed by atoms with E-state index in [4.69, 9.17) is 0 Å². The van der Waals surface area contributed by atoms with Gasteiger partial charge in [-0.05, 0) is 50.1 Å². The number of H-pyrrole nitrogens is 1. The number of anilines is 1. The predicted octanol–water partition coefficient (Wildman–Crippen LogP) is 1.54. The molecule has 0 saturated heterocycles. The fraction of sp³-hybridized carbons (Fsp3) is 0.312. The van der Waals surface area contributed by atoms with Gasteiger partial charge in [0.25, 0.3) is 11.5 Å². The normalized spacial score (nSPS) is 10.3. The minimum absolute atomic E-state index is 0.136. The van der Waals surface area contributed by atoms with Crippen molar-refractivity contribution in [1.29, 1.82) is 0 Å². The molecule has 0 aromatic carbocycles. The quantitative estimate of drug-likeness (QED) is 0.731. The molecule has 1 amide bonds. The van der Waals surface area contributed by atoms with Crippen LogP contribution < -0.4 is 16.2 Å². The van der Waals surface area contributed by atoms with E-state index in [9.17, 15) is 9.59 Å². The summed E-state index contributed by atoms with van der Waals surface area (Å²) < 4.78 is 0. The number of aromatic amines is 1. The minimum Gasteiger partial charge on any atom is -0.368 e. The van der Waals surface area contributed by atoms with Crippen LogP contribution in [0.25, 0.3) is 0 Å². The molecule has 0 radical (unpaired) electrons. The highest BCUT2D eigenvalue weighted by Gasteiger charge is 2.11. The van der Waals surface area contributed by atoms with E-state index in [0.29, 0.717) is 13.1 Å². The Kier molecular flexibility index (Phi) is 4.93. The van der Waals surface area contributed by atoms with Crippen LogP contribution >= 0.6 is 0 Å². The van der Waals surface area contributed by atoms with Crippen molar-refractivity contribution in [3.05, 3.63) is 57.1 Å². The largest absolute Gasteiger partial charge is 0.368 e. The van der Waals surface area contributed by atoms with E-state index in [1.807, 2.05) is 26.0 Å². The molecule has 0 aliphatic carbocycles. The van der Waals surface area contributed by atoms with Crippen molar-refractivity contribution in [1.82, 2.24) is 15.3 Å². The van der Waals surface area contributed by atoms with Gasteiger partial charge < -0.3 is 15.6 Å². The highest BCUT2D eigenvalue weighted by Crippen LogP contribution is 2.04.